The number of halogens is 3. The Morgan fingerprint density at radius 1 is 1.60 bits per heavy atom. The molecule has 0 N–H and O–H groups in total. The van der Waals surface area contributed by atoms with Crippen molar-refractivity contribution in [1.29, 1.82) is 0 Å². The minimum atomic E-state index is -3.07. The summed E-state index contributed by atoms with van der Waals surface area (Å²) < 4.78 is 24.4. The Bertz CT molecular complexity index is 425. The monoisotopic (exact) mass is 280 g/mol. The number of aldehydes is 1. The summed E-state index contributed by atoms with van der Waals surface area (Å²) in [6, 6.07) is 0. The second-order valence-corrected chi connectivity index (χ2v) is 3.23. The summed E-state index contributed by atoms with van der Waals surface area (Å²) in [6.45, 7) is 0. The number of hydrogen-bond acceptors (Lipinski definition) is 4. The molecule has 0 bridgehead atoms. The molecule has 1 aromatic rings. The van der Waals surface area contributed by atoms with Gasteiger partial charge in [-0.05, 0) is 15.9 Å². The Morgan fingerprint density at radius 3 is 2.60 bits per heavy atom. The quantitative estimate of drug-likeness (QED) is 0.484. The molecule has 0 saturated heterocycles. The molecule has 0 spiro atoms. The first-order valence-electron chi connectivity index (χ1n) is 3.55. The number of carbonyl (C=O) groups excluding carboxylic acids is 1. The fraction of sp³-hybridized carbons (Fsp3) is 0.143. The third-order valence-corrected chi connectivity index (χ3v) is 2.40. The fourth-order valence-electron chi connectivity index (χ4n) is 0.922. The molecule has 0 radical (unpaired) electrons. The molecule has 1 aromatic heterocycles. The van der Waals surface area contributed by atoms with Crippen molar-refractivity contribution in [2.75, 3.05) is 0 Å². The summed E-state index contributed by atoms with van der Waals surface area (Å²) in [5.41, 5.74) is -1.99. The summed E-state index contributed by atoms with van der Waals surface area (Å²) in [4.78, 5) is 23.1. The Kier molecular flexibility index (Phi) is 3.40. The number of aromatic nitrogens is 1. The average molecular weight is 281 g/mol. The molecule has 0 atom stereocenters. The van der Waals surface area contributed by atoms with Gasteiger partial charge in [0.2, 0.25) is 0 Å². The van der Waals surface area contributed by atoms with Crippen LogP contribution in [0.3, 0.4) is 0 Å². The zero-order valence-electron chi connectivity index (χ0n) is 6.99. The zero-order valence-corrected chi connectivity index (χ0v) is 8.57. The van der Waals surface area contributed by atoms with E-state index in [-0.39, 0.29) is 10.0 Å². The van der Waals surface area contributed by atoms with Gasteiger partial charge in [0.05, 0.1) is 10.5 Å². The molecule has 0 saturated carbocycles. The van der Waals surface area contributed by atoms with E-state index >= 15 is 0 Å². The van der Waals surface area contributed by atoms with E-state index in [4.69, 9.17) is 0 Å². The molecule has 0 fully saturated rings. The predicted octanol–water partition coefficient (Wildman–Crippen LogP) is 2.50. The van der Waals surface area contributed by atoms with Crippen LogP contribution in [0.15, 0.2) is 10.7 Å². The van der Waals surface area contributed by atoms with Gasteiger partial charge in [0, 0.05) is 6.20 Å². The van der Waals surface area contributed by atoms with Crippen molar-refractivity contribution in [2.24, 2.45) is 0 Å². The van der Waals surface area contributed by atoms with Crippen LogP contribution in [0.25, 0.3) is 0 Å². The van der Waals surface area contributed by atoms with Crippen LogP contribution in [-0.4, -0.2) is 16.2 Å². The molecule has 0 aliphatic carbocycles. The van der Waals surface area contributed by atoms with Crippen LogP contribution in [0, 0.1) is 10.1 Å². The number of nitrogens with zero attached hydrogens (tertiary/aromatic N) is 2. The van der Waals surface area contributed by atoms with Crippen LogP contribution in [0.1, 0.15) is 22.5 Å². The maximum atomic E-state index is 12.3. The normalized spacial score (nSPS) is 10.4. The third-order valence-electron chi connectivity index (χ3n) is 1.56. The van der Waals surface area contributed by atoms with Crippen LogP contribution in [0.2, 0.25) is 0 Å². The van der Waals surface area contributed by atoms with Crippen molar-refractivity contribution in [1.82, 2.24) is 4.98 Å². The lowest BCUT2D eigenvalue weighted by molar-refractivity contribution is -0.387. The molecule has 1 rings (SSSR count). The molecule has 0 amide bonds. The maximum Gasteiger partial charge on any atom is 0.311 e. The maximum absolute atomic E-state index is 12.3. The fourth-order valence-corrected chi connectivity index (χ4v) is 1.47. The first-order valence-corrected chi connectivity index (χ1v) is 4.34. The van der Waals surface area contributed by atoms with Crippen LogP contribution in [0.4, 0.5) is 14.5 Å². The van der Waals surface area contributed by atoms with Crippen LogP contribution < -0.4 is 0 Å². The van der Waals surface area contributed by atoms with E-state index in [1.54, 1.807) is 0 Å². The molecule has 0 unspecified atom stereocenters. The molecule has 15 heavy (non-hydrogen) atoms. The first kappa shape index (κ1) is 11.6. The highest BCUT2D eigenvalue weighted by atomic mass is 79.9. The van der Waals surface area contributed by atoms with E-state index in [0.717, 1.165) is 6.20 Å². The molecule has 8 heteroatoms. The molecule has 0 aliphatic heterocycles. The van der Waals surface area contributed by atoms with Crippen molar-refractivity contribution in [3.8, 4) is 0 Å². The van der Waals surface area contributed by atoms with Gasteiger partial charge in [-0.25, -0.2) is 13.8 Å². The van der Waals surface area contributed by atoms with E-state index < -0.39 is 22.7 Å². The van der Waals surface area contributed by atoms with E-state index in [1.165, 1.54) is 0 Å². The summed E-state index contributed by atoms with van der Waals surface area (Å²) in [5, 5.41) is 10.5. The summed E-state index contributed by atoms with van der Waals surface area (Å²) in [6.07, 6.45) is -1.92. The first-order chi connectivity index (χ1) is 6.99. The van der Waals surface area contributed by atoms with E-state index in [9.17, 15) is 23.7 Å². The number of nitro groups is 1. The molecule has 5 nitrogen and oxygen atoms in total. The van der Waals surface area contributed by atoms with Crippen molar-refractivity contribution in [3.63, 3.8) is 0 Å². The van der Waals surface area contributed by atoms with Gasteiger partial charge in [0.15, 0.2) is 12.0 Å². The van der Waals surface area contributed by atoms with Gasteiger partial charge in [-0.3, -0.25) is 14.9 Å². The number of rotatable bonds is 3. The van der Waals surface area contributed by atoms with E-state index in [2.05, 4.69) is 20.9 Å². The number of carbonyl (C=O) groups is 1. The summed E-state index contributed by atoms with van der Waals surface area (Å²) in [5.74, 6) is 0. The lowest BCUT2D eigenvalue weighted by atomic mass is 10.2. The van der Waals surface area contributed by atoms with Gasteiger partial charge in [-0.1, -0.05) is 0 Å². The largest absolute Gasteiger partial charge is 0.311 e. The van der Waals surface area contributed by atoms with Gasteiger partial charge in [0.1, 0.15) is 4.47 Å². The van der Waals surface area contributed by atoms with Crippen LogP contribution in [0.5, 0.6) is 0 Å². The lowest BCUT2D eigenvalue weighted by Crippen LogP contribution is -2.02. The van der Waals surface area contributed by atoms with E-state index in [1.807, 2.05) is 0 Å². The van der Waals surface area contributed by atoms with Gasteiger partial charge < -0.3 is 0 Å². The Morgan fingerprint density at radius 2 is 2.20 bits per heavy atom. The molecule has 1 heterocycles. The van der Waals surface area contributed by atoms with Gasteiger partial charge >= 0.3 is 5.69 Å². The number of pyridine rings is 1. The Hall–Kier alpha value is -1.44. The van der Waals surface area contributed by atoms with Crippen molar-refractivity contribution < 1.29 is 18.5 Å². The van der Waals surface area contributed by atoms with Crippen molar-refractivity contribution in [2.45, 2.75) is 6.43 Å². The summed E-state index contributed by atoms with van der Waals surface area (Å²) >= 11 is 2.71. The number of alkyl halides is 2. The molecule has 0 aliphatic rings. The van der Waals surface area contributed by atoms with Crippen LogP contribution >= 0.6 is 15.9 Å². The second kappa shape index (κ2) is 4.39. The molecule has 80 valence electrons. The van der Waals surface area contributed by atoms with E-state index in [0.29, 0.717) is 6.29 Å². The van der Waals surface area contributed by atoms with Crippen LogP contribution in [-0.2, 0) is 0 Å². The van der Waals surface area contributed by atoms with Gasteiger partial charge in [-0.15, -0.1) is 0 Å². The lowest BCUT2D eigenvalue weighted by Gasteiger charge is -2.03. The Labute approximate surface area is 90.4 Å². The zero-order chi connectivity index (χ0) is 11.6. The molecular weight excluding hydrogens is 278 g/mol. The minimum absolute atomic E-state index is 0.147. The van der Waals surface area contributed by atoms with Crippen molar-refractivity contribution in [3.05, 3.63) is 32.0 Å². The third kappa shape index (κ3) is 2.14. The molecular formula is C7H3BrF2N2O3. The average Bonchev–Trinajstić information content (AvgIpc) is 2.16. The van der Waals surface area contributed by atoms with Crippen molar-refractivity contribution >= 4 is 27.9 Å². The topological polar surface area (TPSA) is 73.1 Å². The smallest absolute Gasteiger partial charge is 0.298 e. The SMILES string of the molecule is O=Cc1cnc(C(F)F)c([N+](=O)[O-])c1Br. The minimum Gasteiger partial charge on any atom is -0.298 e. The highest BCUT2D eigenvalue weighted by Crippen LogP contribution is 2.34. The Balaban J connectivity index is 3.51. The summed E-state index contributed by atoms with van der Waals surface area (Å²) in [7, 11) is 0. The highest BCUT2D eigenvalue weighted by Gasteiger charge is 2.28. The van der Waals surface area contributed by atoms with Gasteiger partial charge in [0.25, 0.3) is 6.43 Å². The predicted molar refractivity (Wildman–Crippen MR) is 48.9 cm³/mol. The highest BCUT2D eigenvalue weighted by molar-refractivity contribution is 9.10. The van der Waals surface area contributed by atoms with Gasteiger partial charge in [-0.2, -0.15) is 0 Å². The standard InChI is InChI=1S/C7H3BrF2N2O3/c8-4-3(2-13)1-11-5(7(9)10)6(4)12(14)15/h1-2,7H. The number of hydrogen-bond donors (Lipinski definition) is 0. The molecule has 0 aromatic carbocycles. The second-order valence-electron chi connectivity index (χ2n) is 2.44.